The Morgan fingerprint density at radius 1 is 0.493 bits per heavy atom. The maximum atomic E-state index is 14.6. The molecule has 2 aliphatic heterocycles. The highest BCUT2D eigenvalue weighted by atomic mass is 19.4. The molecule has 17 heteroatoms. The topological polar surface area (TPSA) is 64.7 Å². The Morgan fingerprint density at radius 2 is 0.904 bits per heavy atom. The van der Waals surface area contributed by atoms with Crippen molar-refractivity contribution in [2.45, 2.75) is 104 Å². The van der Waals surface area contributed by atoms with Gasteiger partial charge in [0.05, 0.1) is 28.8 Å². The van der Waals surface area contributed by atoms with Gasteiger partial charge in [0.2, 0.25) is 0 Å². The molecule has 0 bridgehead atoms. The van der Waals surface area contributed by atoms with Gasteiger partial charge in [-0.2, -0.15) is 39.5 Å². The number of alkyl halides is 9. The molecule has 386 valence electrons. The van der Waals surface area contributed by atoms with E-state index in [-0.39, 0.29) is 54.4 Å². The Kier molecular flexibility index (Phi) is 15.4. The molecule has 2 N–H and O–H groups in total. The first-order chi connectivity index (χ1) is 34.1. The molecule has 6 aromatic rings. The number of hydrogen-bond donors (Lipinski definition) is 2. The summed E-state index contributed by atoms with van der Waals surface area (Å²) in [5.41, 5.74) is 3.73. The molecule has 8 rings (SSSR count). The van der Waals surface area contributed by atoms with E-state index in [0.29, 0.717) is 62.2 Å². The number of amides is 4. The zero-order valence-electron chi connectivity index (χ0n) is 40.9. The fourth-order valence-electron chi connectivity index (χ4n) is 9.33. The average Bonchev–Trinajstić information content (AvgIpc) is 3.85. The number of aryl methyl sites for hydroxylation is 3. The summed E-state index contributed by atoms with van der Waals surface area (Å²) in [6.45, 7) is 12.6. The molecule has 2 aliphatic rings. The Hall–Kier alpha value is -6.91. The van der Waals surface area contributed by atoms with Crippen molar-refractivity contribution >= 4 is 12.1 Å². The van der Waals surface area contributed by atoms with E-state index in [1.807, 2.05) is 44.2 Å². The van der Waals surface area contributed by atoms with Gasteiger partial charge in [-0.15, -0.1) is 0 Å². The van der Waals surface area contributed by atoms with E-state index in [4.69, 9.17) is 0 Å². The summed E-state index contributed by atoms with van der Waals surface area (Å²) < 4.78 is 151. The second-order valence-electron chi connectivity index (χ2n) is 19.2. The SMILES string of the molecule is Cc1cc(CN2CC(c3cc(C(F)(F)F)ccc3-c3cc(C(C)C)c(F)cc3C)NC2=O)cc(C(F)(F)F)c1.Cc1cc(F)c(C(C)C)cc1-c1ccc(C(F)(F)F)cc1C1CN(Cc2ccccc2)C(=O)N1. The molecular weight excluding hydrogens is 970 g/mol. The van der Waals surface area contributed by atoms with E-state index in [2.05, 4.69) is 10.6 Å². The molecule has 4 amide bonds. The minimum atomic E-state index is -4.65. The van der Waals surface area contributed by atoms with E-state index in [1.165, 1.54) is 42.2 Å². The summed E-state index contributed by atoms with van der Waals surface area (Å²) in [7, 11) is 0. The molecule has 2 saturated heterocycles. The number of benzene rings is 6. The highest BCUT2D eigenvalue weighted by molar-refractivity contribution is 5.81. The number of urea groups is 2. The van der Waals surface area contributed by atoms with Gasteiger partial charge in [-0.3, -0.25) is 0 Å². The molecule has 6 aromatic carbocycles. The van der Waals surface area contributed by atoms with Crippen LogP contribution in [0.2, 0.25) is 0 Å². The second-order valence-corrected chi connectivity index (χ2v) is 19.2. The highest BCUT2D eigenvalue weighted by Crippen LogP contribution is 2.42. The van der Waals surface area contributed by atoms with Crippen LogP contribution in [-0.2, 0) is 31.6 Å². The Balaban J connectivity index is 0.000000216. The van der Waals surface area contributed by atoms with Crippen molar-refractivity contribution in [1.29, 1.82) is 0 Å². The first kappa shape index (κ1) is 53.9. The zero-order chi connectivity index (χ0) is 53.5. The van der Waals surface area contributed by atoms with Crippen LogP contribution in [0.1, 0.15) is 118 Å². The largest absolute Gasteiger partial charge is 0.416 e. The fraction of sp³-hybridized carbons (Fsp3) is 0.321. The van der Waals surface area contributed by atoms with Crippen LogP contribution in [0.5, 0.6) is 0 Å². The van der Waals surface area contributed by atoms with Crippen molar-refractivity contribution in [3.05, 3.63) is 188 Å². The van der Waals surface area contributed by atoms with Crippen LogP contribution in [0.15, 0.2) is 109 Å². The maximum Gasteiger partial charge on any atom is 0.416 e. The van der Waals surface area contributed by atoms with Crippen molar-refractivity contribution in [2.24, 2.45) is 0 Å². The van der Waals surface area contributed by atoms with E-state index in [9.17, 15) is 57.9 Å². The van der Waals surface area contributed by atoms with E-state index in [0.717, 1.165) is 42.0 Å². The average molecular weight is 1020 g/mol. The number of carbonyl (C=O) groups excluding carboxylic acids is 2. The van der Waals surface area contributed by atoms with Crippen molar-refractivity contribution in [2.75, 3.05) is 13.1 Å². The van der Waals surface area contributed by atoms with Gasteiger partial charge in [-0.1, -0.05) is 81.8 Å². The molecule has 0 saturated carbocycles. The Labute approximate surface area is 416 Å². The van der Waals surface area contributed by atoms with Gasteiger partial charge in [-0.05, 0) is 160 Å². The summed E-state index contributed by atoms with van der Waals surface area (Å²) in [6, 6.07) is 23.3. The summed E-state index contributed by atoms with van der Waals surface area (Å²) in [6.07, 6.45) is -13.7. The van der Waals surface area contributed by atoms with Crippen LogP contribution in [0.3, 0.4) is 0 Å². The van der Waals surface area contributed by atoms with Crippen LogP contribution in [0.25, 0.3) is 22.3 Å². The molecule has 2 heterocycles. The zero-order valence-corrected chi connectivity index (χ0v) is 40.9. The number of nitrogens with zero attached hydrogens (tertiary/aromatic N) is 2. The predicted octanol–water partition coefficient (Wildman–Crippen LogP) is 15.7. The Bertz CT molecular complexity index is 3020. The summed E-state index contributed by atoms with van der Waals surface area (Å²) >= 11 is 0. The molecule has 0 aromatic heterocycles. The molecule has 6 nitrogen and oxygen atoms in total. The summed E-state index contributed by atoms with van der Waals surface area (Å²) in [5.74, 6) is -1.03. The minimum Gasteiger partial charge on any atom is -0.329 e. The van der Waals surface area contributed by atoms with Crippen molar-refractivity contribution in [3.63, 3.8) is 0 Å². The lowest BCUT2D eigenvalue weighted by Crippen LogP contribution is -2.27. The number of halogens is 11. The summed E-state index contributed by atoms with van der Waals surface area (Å²) in [5, 5.41) is 5.52. The lowest BCUT2D eigenvalue weighted by atomic mass is 9.88. The third kappa shape index (κ3) is 12.3. The minimum absolute atomic E-state index is 0.0697. The number of hydrogen-bond acceptors (Lipinski definition) is 2. The first-order valence-electron chi connectivity index (χ1n) is 23.4. The van der Waals surface area contributed by atoms with Gasteiger partial charge in [0.15, 0.2) is 0 Å². The molecule has 73 heavy (non-hydrogen) atoms. The summed E-state index contributed by atoms with van der Waals surface area (Å²) in [4.78, 5) is 28.4. The van der Waals surface area contributed by atoms with Crippen LogP contribution < -0.4 is 10.6 Å². The van der Waals surface area contributed by atoms with E-state index < -0.39 is 59.2 Å². The molecule has 2 fully saturated rings. The molecular formula is C56H53F11N4O2. The van der Waals surface area contributed by atoms with E-state index >= 15 is 0 Å². The van der Waals surface area contributed by atoms with E-state index in [1.54, 1.807) is 44.7 Å². The lowest BCUT2D eigenvalue weighted by molar-refractivity contribution is -0.138. The maximum absolute atomic E-state index is 14.6. The van der Waals surface area contributed by atoms with Gasteiger partial charge >= 0.3 is 30.6 Å². The number of nitrogens with one attached hydrogen (secondary N) is 2. The van der Waals surface area contributed by atoms with Crippen molar-refractivity contribution in [1.82, 2.24) is 20.4 Å². The van der Waals surface area contributed by atoms with Crippen molar-refractivity contribution in [3.8, 4) is 22.3 Å². The van der Waals surface area contributed by atoms with Gasteiger partial charge in [-0.25, -0.2) is 18.4 Å². The monoisotopic (exact) mass is 1020 g/mol. The molecule has 2 unspecified atom stereocenters. The third-order valence-electron chi connectivity index (χ3n) is 13.1. The van der Waals surface area contributed by atoms with Crippen LogP contribution >= 0.6 is 0 Å². The smallest absolute Gasteiger partial charge is 0.329 e. The standard InChI is InChI=1S/C29H27F7N2O.C27H26F4N2O/c1-15(2)22-12-23(17(4)9-25(22)30)21-6-5-19(28(31,32)33)11-24(21)26-14-38(27(39)37-26)13-18-7-16(3)8-20(10-18)29(34,35)36;1-16(2)21-13-22(17(3)11-24(21)28)20-10-9-19(27(29,30)31)12-23(20)25-15-33(26(34)32-25)14-18-7-5-4-6-8-18/h5-12,15,26H,13-14H2,1-4H3,(H,37,39);4-13,16,25H,14-15H2,1-3H3,(H,32,34). The van der Waals surface area contributed by atoms with Gasteiger partial charge in [0.25, 0.3) is 0 Å². The lowest BCUT2D eigenvalue weighted by Gasteiger charge is -2.21. The van der Waals surface area contributed by atoms with Crippen LogP contribution in [-0.4, -0.2) is 35.0 Å². The van der Waals surface area contributed by atoms with Crippen molar-refractivity contribution < 1.29 is 57.9 Å². The number of carbonyl (C=O) groups is 2. The molecule has 0 radical (unpaired) electrons. The third-order valence-corrected chi connectivity index (χ3v) is 13.1. The van der Waals surface area contributed by atoms with Crippen LogP contribution in [0, 0.1) is 32.4 Å². The van der Waals surface area contributed by atoms with Gasteiger partial charge in [0.1, 0.15) is 11.6 Å². The first-order valence-corrected chi connectivity index (χ1v) is 23.4. The quantitative estimate of drug-likeness (QED) is 0.134. The fourth-order valence-corrected chi connectivity index (χ4v) is 9.33. The normalized spacial score (nSPS) is 16.3. The van der Waals surface area contributed by atoms with Gasteiger partial charge < -0.3 is 20.4 Å². The molecule has 0 aliphatic carbocycles. The molecule has 0 spiro atoms. The highest BCUT2D eigenvalue weighted by Gasteiger charge is 2.38. The number of rotatable bonds is 10. The Morgan fingerprint density at radius 3 is 1.30 bits per heavy atom. The molecule has 2 atom stereocenters. The second kappa shape index (κ2) is 20.9. The van der Waals surface area contributed by atoms with Crippen LogP contribution in [0.4, 0.5) is 57.9 Å². The van der Waals surface area contributed by atoms with Gasteiger partial charge in [0, 0.05) is 26.2 Å². The predicted molar refractivity (Wildman–Crippen MR) is 257 cm³/mol.